The minimum Gasteiger partial charge on any atom is -0.493 e. The van der Waals surface area contributed by atoms with Gasteiger partial charge in [-0.25, -0.2) is 0 Å². The number of hydrogen-bond donors (Lipinski definition) is 3. The monoisotopic (exact) mass is 490 g/mol. The molecule has 0 unspecified atom stereocenters. The summed E-state index contributed by atoms with van der Waals surface area (Å²) in [6.45, 7) is -1.12. The van der Waals surface area contributed by atoms with E-state index in [2.05, 4.69) is 10.6 Å². The Balaban J connectivity index is 2.15. The first-order valence-electron chi connectivity index (χ1n) is 9.78. The van der Waals surface area contributed by atoms with Crippen molar-refractivity contribution in [3.63, 3.8) is 0 Å². The highest BCUT2D eigenvalue weighted by molar-refractivity contribution is 6.05. The van der Waals surface area contributed by atoms with Crippen molar-refractivity contribution in [2.24, 2.45) is 0 Å². The van der Waals surface area contributed by atoms with Crippen LogP contribution in [0.1, 0.15) is 27.9 Å². The molecule has 2 aromatic rings. The zero-order chi connectivity index (χ0) is 25.4. The van der Waals surface area contributed by atoms with Gasteiger partial charge in [-0.3, -0.25) is 9.59 Å². The van der Waals surface area contributed by atoms with Crippen LogP contribution in [0.4, 0.5) is 26.3 Å². The van der Waals surface area contributed by atoms with Gasteiger partial charge in [-0.05, 0) is 48.0 Å². The Kier molecular flexibility index (Phi) is 9.07. The van der Waals surface area contributed by atoms with E-state index in [0.717, 1.165) is 30.3 Å². The molecule has 0 aliphatic carbocycles. The van der Waals surface area contributed by atoms with Crippen LogP contribution >= 0.6 is 0 Å². The first kappa shape index (κ1) is 26.7. The van der Waals surface area contributed by atoms with Gasteiger partial charge in [-0.15, -0.1) is 0 Å². The molecule has 34 heavy (non-hydrogen) atoms. The number of carbonyl (C=O) groups excluding carboxylic acids is 2. The summed E-state index contributed by atoms with van der Waals surface area (Å²) in [7, 11) is 0. The van der Waals surface area contributed by atoms with E-state index in [4.69, 9.17) is 9.84 Å². The minimum atomic E-state index is -4.54. The Morgan fingerprint density at radius 1 is 0.941 bits per heavy atom. The van der Waals surface area contributed by atoms with Crippen molar-refractivity contribution in [1.82, 2.24) is 10.6 Å². The highest BCUT2D eigenvalue weighted by Crippen LogP contribution is 2.29. The predicted molar refractivity (Wildman–Crippen MR) is 110 cm³/mol. The molecule has 0 radical (unpaired) electrons. The van der Waals surface area contributed by atoms with E-state index in [-0.39, 0.29) is 35.7 Å². The summed E-state index contributed by atoms with van der Waals surface area (Å²) < 4.78 is 79.7. The number of aliphatic hydroxyl groups excluding tert-OH is 1. The Labute approximate surface area is 190 Å². The fourth-order valence-electron chi connectivity index (χ4n) is 2.54. The first-order chi connectivity index (χ1) is 15.9. The van der Waals surface area contributed by atoms with Crippen molar-refractivity contribution < 1.29 is 45.8 Å². The van der Waals surface area contributed by atoms with Gasteiger partial charge in [0.25, 0.3) is 11.8 Å². The third-order valence-corrected chi connectivity index (χ3v) is 4.21. The van der Waals surface area contributed by atoms with E-state index >= 15 is 0 Å². The second-order valence-electron chi connectivity index (χ2n) is 6.85. The first-order valence-corrected chi connectivity index (χ1v) is 9.78. The van der Waals surface area contributed by atoms with Gasteiger partial charge in [0, 0.05) is 12.1 Å². The quantitative estimate of drug-likeness (QED) is 0.368. The van der Waals surface area contributed by atoms with Gasteiger partial charge in [-0.2, -0.15) is 26.3 Å². The number of hydrogen-bond acceptors (Lipinski definition) is 4. The molecule has 0 spiro atoms. The smallest absolute Gasteiger partial charge is 0.416 e. The number of ether oxygens (including phenoxy) is 1. The van der Waals surface area contributed by atoms with Gasteiger partial charge in [0.15, 0.2) is 0 Å². The number of halogens is 6. The standard InChI is InChI=1S/C22H20F6N2O4/c23-21(24,25)9-12-34-17-7-3-15(4-8-17)19(32)30-18(20(33)29-10-11-31)13-14-1-5-16(6-2-14)22(26,27)28/h1-8,13,31H,9-12H2,(H,29,33)(H,30,32)/b18-13+. The molecule has 12 heteroatoms. The average Bonchev–Trinajstić information content (AvgIpc) is 2.76. The Hall–Kier alpha value is -3.54. The third kappa shape index (κ3) is 8.77. The van der Waals surface area contributed by atoms with E-state index in [0.29, 0.717) is 0 Å². The molecule has 0 aliphatic heterocycles. The normalized spacial score (nSPS) is 12.3. The van der Waals surface area contributed by atoms with Crippen molar-refractivity contribution in [3.8, 4) is 5.75 Å². The largest absolute Gasteiger partial charge is 0.493 e. The Morgan fingerprint density at radius 3 is 2.09 bits per heavy atom. The van der Waals surface area contributed by atoms with Crippen LogP contribution in [0, 0.1) is 0 Å². The minimum absolute atomic E-state index is 0.0384. The molecule has 0 aliphatic rings. The van der Waals surface area contributed by atoms with Crippen molar-refractivity contribution in [3.05, 3.63) is 70.9 Å². The Morgan fingerprint density at radius 2 is 1.56 bits per heavy atom. The summed E-state index contributed by atoms with van der Waals surface area (Å²) in [6, 6.07) is 8.93. The predicted octanol–water partition coefficient (Wildman–Crippen LogP) is 3.92. The summed E-state index contributed by atoms with van der Waals surface area (Å²) >= 11 is 0. The van der Waals surface area contributed by atoms with E-state index in [1.54, 1.807) is 0 Å². The van der Waals surface area contributed by atoms with Gasteiger partial charge >= 0.3 is 12.4 Å². The fourth-order valence-corrected chi connectivity index (χ4v) is 2.54. The second-order valence-corrected chi connectivity index (χ2v) is 6.85. The van der Waals surface area contributed by atoms with Gasteiger partial charge in [0.2, 0.25) is 0 Å². The lowest BCUT2D eigenvalue weighted by Gasteiger charge is -2.12. The number of amides is 2. The highest BCUT2D eigenvalue weighted by atomic mass is 19.4. The third-order valence-electron chi connectivity index (χ3n) is 4.21. The molecule has 3 N–H and O–H groups in total. The number of alkyl halides is 6. The molecule has 0 bridgehead atoms. The van der Waals surface area contributed by atoms with Crippen LogP contribution in [-0.4, -0.2) is 42.9 Å². The number of aliphatic hydroxyl groups is 1. The van der Waals surface area contributed by atoms with Crippen LogP contribution in [0.25, 0.3) is 6.08 Å². The summed E-state index contributed by atoms with van der Waals surface area (Å²) in [5.41, 5.74) is -0.964. The molecule has 0 saturated carbocycles. The van der Waals surface area contributed by atoms with Crippen LogP contribution in [0.3, 0.4) is 0 Å². The number of benzene rings is 2. The molecule has 2 amide bonds. The molecule has 2 aromatic carbocycles. The van der Waals surface area contributed by atoms with E-state index < -0.39 is 42.8 Å². The van der Waals surface area contributed by atoms with Crippen molar-refractivity contribution >= 4 is 17.9 Å². The summed E-state index contributed by atoms with van der Waals surface area (Å²) in [5.74, 6) is -1.46. The lowest BCUT2D eigenvalue weighted by molar-refractivity contribution is -0.139. The van der Waals surface area contributed by atoms with Gasteiger partial charge < -0.3 is 20.5 Å². The molecule has 0 fully saturated rings. The van der Waals surface area contributed by atoms with Crippen molar-refractivity contribution in [2.45, 2.75) is 18.8 Å². The van der Waals surface area contributed by atoms with Gasteiger partial charge in [0.1, 0.15) is 11.4 Å². The maximum atomic E-state index is 12.7. The van der Waals surface area contributed by atoms with E-state index in [1.807, 2.05) is 0 Å². The Bertz CT molecular complexity index is 1000. The maximum Gasteiger partial charge on any atom is 0.416 e. The fraction of sp³-hybridized carbons (Fsp3) is 0.273. The SMILES string of the molecule is O=C(NCCO)/C(=C\c1ccc(C(F)(F)F)cc1)NC(=O)c1ccc(OCCC(F)(F)F)cc1. The number of carbonyl (C=O) groups is 2. The molecular formula is C22H20F6N2O4. The summed E-state index contributed by atoms with van der Waals surface area (Å²) in [4.78, 5) is 24.9. The number of rotatable bonds is 9. The van der Waals surface area contributed by atoms with Gasteiger partial charge in [0.05, 0.1) is 25.2 Å². The highest BCUT2D eigenvalue weighted by Gasteiger charge is 2.30. The maximum absolute atomic E-state index is 12.7. The molecule has 6 nitrogen and oxygen atoms in total. The topological polar surface area (TPSA) is 87.7 Å². The van der Waals surface area contributed by atoms with Crippen molar-refractivity contribution in [1.29, 1.82) is 0 Å². The molecule has 0 heterocycles. The lowest BCUT2D eigenvalue weighted by Crippen LogP contribution is -2.36. The molecule has 0 aromatic heterocycles. The van der Waals surface area contributed by atoms with Crippen LogP contribution in [-0.2, 0) is 11.0 Å². The zero-order valence-corrected chi connectivity index (χ0v) is 17.5. The van der Waals surface area contributed by atoms with E-state index in [9.17, 15) is 35.9 Å². The van der Waals surface area contributed by atoms with Gasteiger partial charge in [-0.1, -0.05) is 12.1 Å². The lowest BCUT2D eigenvalue weighted by atomic mass is 10.1. The summed E-state index contributed by atoms with van der Waals surface area (Å²) in [5, 5.41) is 13.5. The molecule has 0 saturated heterocycles. The average molecular weight is 490 g/mol. The van der Waals surface area contributed by atoms with E-state index in [1.165, 1.54) is 24.3 Å². The second kappa shape index (κ2) is 11.5. The summed E-state index contributed by atoms with van der Waals surface area (Å²) in [6.07, 6.45) is -8.90. The molecular weight excluding hydrogens is 470 g/mol. The molecule has 0 atom stereocenters. The van der Waals surface area contributed by atoms with Crippen LogP contribution in [0.2, 0.25) is 0 Å². The van der Waals surface area contributed by atoms with Crippen LogP contribution in [0.15, 0.2) is 54.2 Å². The van der Waals surface area contributed by atoms with Crippen LogP contribution in [0.5, 0.6) is 5.75 Å². The van der Waals surface area contributed by atoms with Crippen molar-refractivity contribution in [2.75, 3.05) is 19.8 Å². The zero-order valence-electron chi connectivity index (χ0n) is 17.5. The van der Waals surface area contributed by atoms with Crippen LogP contribution < -0.4 is 15.4 Å². The number of nitrogens with one attached hydrogen (secondary N) is 2. The molecule has 184 valence electrons. The molecule has 2 rings (SSSR count).